The third-order valence-electron chi connectivity index (χ3n) is 3.26. The van der Waals surface area contributed by atoms with E-state index in [1.54, 1.807) is 24.3 Å². The summed E-state index contributed by atoms with van der Waals surface area (Å²) in [5.41, 5.74) is 7.23. The third-order valence-corrected chi connectivity index (χ3v) is 3.26. The van der Waals surface area contributed by atoms with Crippen LogP contribution in [0.1, 0.15) is 10.6 Å². The van der Waals surface area contributed by atoms with Gasteiger partial charge < -0.3 is 20.2 Å². The summed E-state index contributed by atoms with van der Waals surface area (Å²) in [5, 5.41) is 3.13. The first-order valence-corrected chi connectivity index (χ1v) is 6.56. The minimum Gasteiger partial charge on any atom is -0.453 e. The van der Waals surface area contributed by atoms with Crippen molar-refractivity contribution in [1.29, 1.82) is 0 Å². The fraction of sp³-hybridized carbons (Fsp3) is 0.267. The Hall–Kier alpha value is -2.11. The zero-order valence-electron chi connectivity index (χ0n) is 11.0. The molecule has 0 aliphatic carbocycles. The second kappa shape index (κ2) is 5.48. The zero-order chi connectivity index (χ0) is 13.9. The number of ether oxygens (including phenoxy) is 1. The topological polar surface area (TPSA) is 77.5 Å². The molecular weight excluding hydrogens is 256 g/mol. The van der Waals surface area contributed by atoms with Crippen LogP contribution >= 0.6 is 0 Å². The van der Waals surface area contributed by atoms with Crippen molar-refractivity contribution in [3.05, 3.63) is 42.2 Å². The predicted molar refractivity (Wildman–Crippen MR) is 75.5 cm³/mol. The Morgan fingerprint density at radius 3 is 2.70 bits per heavy atom. The number of anilines is 1. The van der Waals surface area contributed by atoms with Crippen LogP contribution in [0.25, 0.3) is 11.3 Å². The maximum Gasteiger partial charge on any atom is 0.227 e. The lowest BCUT2D eigenvalue weighted by Crippen LogP contribution is -2.43. The van der Waals surface area contributed by atoms with Crippen molar-refractivity contribution in [3.63, 3.8) is 0 Å². The molecule has 1 aliphatic rings. The maximum atomic E-state index is 12.2. The molecule has 0 spiro atoms. The highest BCUT2D eigenvalue weighted by molar-refractivity contribution is 5.97. The molecule has 1 aromatic heterocycles. The summed E-state index contributed by atoms with van der Waals surface area (Å²) in [5.74, 6) is 0.849. The SMILES string of the molecule is Nc1ccc(-c2ccc(C(=O)C3CNCCO3)o2)cc1. The number of hydrogen-bond acceptors (Lipinski definition) is 5. The Bertz CT molecular complexity index is 598. The molecule has 2 aromatic rings. The van der Waals surface area contributed by atoms with Gasteiger partial charge in [0, 0.05) is 24.3 Å². The molecule has 1 atom stereocenters. The molecule has 5 heteroatoms. The summed E-state index contributed by atoms with van der Waals surface area (Å²) < 4.78 is 11.1. The van der Waals surface area contributed by atoms with Gasteiger partial charge >= 0.3 is 0 Å². The van der Waals surface area contributed by atoms with Gasteiger partial charge in [0.1, 0.15) is 11.9 Å². The molecular formula is C15H16N2O3. The maximum absolute atomic E-state index is 12.2. The van der Waals surface area contributed by atoms with Crippen molar-refractivity contribution in [3.8, 4) is 11.3 Å². The lowest BCUT2D eigenvalue weighted by molar-refractivity contribution is 0.0250. The molecule has 0 bridgehead atoms. The Morgan fingerprint density at radius 2 is 2.00 bits per heavy atom. The van der Waals surface area contributed by atoms with Crippen LogP contribution in [0.15, 0.2) is 40.8 Å². The second-order valence-electron chi connectivity index (χ2n) is 4.71. The average molecular weight is 272 g/mol. The van der Waals surface area contributed by atoms with Crippen molar-refractivity contribution in [2.24, 2.45) is 0 Å². The Kier molecular flexibility index (Phi) is 3.54. The zero-order valence-corrected chi connectivity index (χ0v) is 11.0. The molecule has 1 aliphatic heterocycles. The number of carbonyl (C=O) groups excluding carboxylic acids is 1. The van der Waals surface area contributed by atoms with E-state index in [4.69, 9.17) is 14.9 Å². The van der Waals surface area contributed by atoms with Crippen molar-refractivity contribution in [2.45, 2.75) is 6.10 Å². The quantitative estimate of drug-likeness (QED) is 0.657. The molecule has 104 valence electrons. The molecule has 1 aromatic carbocycles. The molecule has 0 saturated carbocycles. The van der Waals surface area contributed by atoms with Crippen LogP contribution in [-0.2, 0) is 4.74 Å². The van der Waals surface area contributed by atoms with Crippen LogP contribution < -0.4 is 11.1 Å². The highest BCUT2D eigenvalue weighted by Gasteiger charge is 2.25. The molecule has 0 radical (unpaired) electrons. The monoisotopic (exact) mass is 272 g/mol. The molecule has 1 unspecified atom stereocenters. The van der Waals surface area contributed by atoms with E-state index in [9.17, 15) is 4.79 Å². The van der Waals surface area contributed by atoms with Crippen molar-refractivity contribution < 1.29 is 13.9 Å². The predicted octanol–water partition coefficient (Wildman–Crippen LogP) is 1.70. The number of nitrogen functional groups attached to an aromatic ring is 1. The largest absolute Gasteiger partial charge is 0.453 e. The van der Waals surface area contributed by atoms with E-state index in [2.05, 4.69) is 5.32 Å². The summed E-state index contributed by atoms with van der Waals surface area (Å²) in [4.78, 5) is 12.2. The number of nitrogens with one attached hydrogen (secondary N) is 1. The minimum absolute atomic E-state index is 0.126. The summed E-state index contributed by atoms with van der Waals surface area (Å²) in [6.45, 7) is 1.84. The normalized spacial score (nSPS) is 18.9. The van der Waals surface area contributed by atoms with Gasteiger partial charge in [-0.05, 0) is 36.4 Å². The molecule has 2 heterocycles. The van der Waals surface area contributed by atoms with Crippen molar-refractivity contribution in [1.82, 2.24) is 5.32 Å². The van der Waals surface area contributed by atoms with Gasteiger partial charge in [-0.2, -0.15) is 0 Å². The van der Waals surface area contributed by atoms with Gasteiger partial charge in [0.2, 0.25) is 5.78 Å². The summed E-state index contributed by atoms with van der Waals surface area (Å²) in [7, 11) is 0. The molecule has 1 saturated heterocycles. The van der Waals surface area contributed by atoms with Gasteiger partial charge in [0.05, 0.1) is 6.61 Å². The van der Waals surface area contributed by atoms with Crippen LogP contribution in [0, 0.1) is 0 Å². The molecule has 3 rings (SSSR count). The smallest absolute Gasteiger partial charge is 0.227 e. The number of carbonyl (C=O) groups is 1. The second-order valence-corrected chi connectivity index (χ2v) is 4.71. The van der Waals surface area contributed by atoms with E-state index < -0.39 is 6.10 Å². The van der Waals surface area contributed by atoms with E-state index in [1.807, 2.05) is 12.1 Å². The summed E-state index contributed by atoms with van der Waals surface area (Å²) in [6, 6.07) is 10.8. The first kappa shape index (κ1) is 12.9. The Labute approximate surface area is 116 Å². The number of rotatable bonds is 3. The van der Waals surface area contributed by atoms with Crippen LogP contribution in [-0.4, -0.2) is 31.6 Å². The minimum atomic E-state index is -0.464. The number of ketones is 1. The van der Waals surface area contributed by atoms with E-state index in [1.165, 1.54) is 0 Å². The van der Waals surface area contributed by atoms with Crippen LogP contribution in [0.3, 0.4) is 0 Å². The van der Waals surface area contributed by atoms with E-state index in [0.29, 0.717) is 30.4 Å². The Balaban J connectivity index is 1.79. The van der Waals surface area contributed by atoms with Gasteiger partial charge in [-0.1, -0.05) is 0 Å². The Morgan fingerprint density at radius 1 is 1.20 bits per heavy atom. The number of Topliss-reactive ketones (excluding diaryl/α,β-unsaturated/α-hetero) is 1. The number of hydrogen-bond donors (Lipinski definition) is 2. The lowest BCUT2D eigenvalue weighted by Gasteiger charge is -2.21. The van der Waals surface area contributed by atoms with Gasteiger partial charge in [-0.25, -0.2) is 0 Å². The standard InChI is InChI=1S/C15H16N2O3/c16-11-3-1-10(2-4-11)12-5-6-13(20-12)15(18)14-9-17-7-8-19-14/h1-6,14,17H,7-9,16H2. The molecule has 20 heavy (non-hydrogen) atoms. The summed E-state index contributed by atoms with van der Waals surface area (Å²) >= 11 is 0. The fourth-order valence-electron chi connectivity index (χ4n) is 2.17. The van der Waals surface area contributed by atoms with Gasteiger partial charge in [0.25, 0.3) is 0 Å². The molecule has 5 nitrogen and oxygen atoms in total. The highest BCUT2D eigenvalue weighted by Crippen LogP contribution is 2.24. The molecule has 0 amide bonds. The van der Waals surface area contributed by atoms with Crippen LogP contribution in [0.5, 0.6) is 0 Å². The van der Waals surface area contributed by atoms with Gasteiger partial charge in [0.15, 0.2) is 5.76 Å². The van der Waals surface area contributed by atoms with E-state index >= 15 is 0 Å². The number of morpholine rings is 1. The number of benzene rings is 1. The van der Waals surface area contributed by atoms with Gasteiger partial charge in [-0.3, -0.25) is 4.79 Å². The van der Waals surface area contributed by atoms with E-state index in [0.717, 1.165) is 12.1 Å². The summed E-state index contributed by atoms with van der Waals surface area (Å²) in [6.07, 6.45) is -0.464. The molecule has 1 fully saturated rings. The van der Waals surface area contributed by atoms with Crippen LogP contribution in [0.4, 0.5) is 5.69 Å². The van der Waals surface area contributed by atoms with Gasteiger partial charge in [-0.15, -0.1) is 0 Å². The van der Waals surface area contributed by atoms with E-state index in [-0.39, 0.29) is 5.78 Å². The number of nitrogens with two attached hydrogens (primary N) is 1. The average Bonchev–Trinajstić information content (AvgIpc) is 2.98. The first-order chi connectivity index (χ1) is 9.74. The van der Waals surface area contributed by atoms with Crippen molar-refractivity contribution in [2.75, 3.05) is 25.4 Å². The lowest BCUT2D eigenvalue weighted by atomic mass is 10.1. The number of furan rings is 1. The fourth-order valence-corrected chi connectivity index (χ4v) is 2.17. The van der Waals surface area contributed by atoms with Crippen LogP contribution in [0.2, 0.25) is 0 Å². The first-order valence-electron chi connectivity index (χ1n) is 6.56. The van der Waals surface area contributed by atoms with Crippen molar-refractivity contribution >= 4 is 11.5 Å². The molecule has 3 N–H and O–H groups in total. The highest BCUT2D eigenvalue weighted by atomic mass is 16.5. The third kappa shape index (κ3) is 2.59.